The highest BCUT2D eigenvalue weighted by molar-refractivity contribution is 9.10. The molecule has 1 N–H and O–H groups in total. The molecule has 2 amide bonds. The van der Waals surface area contributed by atoms with Gasteiger partial charge in [-0.15, -0.1) is 0 Å². The van der Waals surface area contributed by atoms with Crippen LogP contribution in [0.5, 0.6) is 0 Å². The Labute approximate surface area is 199 Å². The third kappa shape index (κ3) is 7.63. The van der Waals surface area contributed by atoms with E-state index in [1.165, 1.54) is 4.90 Å². The minimum absolute atomic E-state index is 0.188. The molecular formula is C23H30BrN3O4S. The van der Waals surface area contributed by atoms with Gasteiger partial charge in [-0.05, 0) is 42.7 Å². The number of amides is 2. The molecule has 0 unspecified atom stereocenters. The van der Waals surface area contributed by atoms with E-state index in [9.17, 15) is 18.0 Å². The van der Waals surface area contributed by atoms with Gasteiger partial charge >= 0.3 is 0 Å². The summed E-state index contributed by atoms with van der Waals surface area (Å²) in [5.41, 5.74) is 1.22. The molecule has 2 aromatic rings. The largest absolute Gasteiger partial charge is 0.354 e. The van der Waals surface area contributed by atoms with E-state index in [1.54, 1.807) is 31.2 Å². The average Bonchev–Trinajstić information content (AvgIpc) is 2.74. The predicted octanol–water partition coefficient (Wildman–Crippen LogP) is 3.40. The zero-order valence-corrected chi connectivity index (χ0v) is 21.2. The second kappa shape index (κ2) is 11.5. The van der Waals surface area contributed by atoms with Crippen LogP contribution < -0.4 is 9.62 Å². The number of nitrogens with zero attached hydrogens (tertiary/aromatic N) is 2. The van der Waals surface area contributed by atoms with Crippen LogP contribution >= 0.6 is 15.9 Å². The summed E-state index contributed by atoms with van der Waals surface area (Å²) in [4.78, 5) is 27.5. The van der Waals surface area contributed by atoms with Crippen LogP contribution in [0.4, 0.5) is 5.69 Å². The highest BCUT2D eigenvalue weighted by atomic mass is 79.9. The molecule has 0 aromatic heterocycles. The first-order valence-corrected chi connectivity index (χ1v) is 13.0. The van der Waals surface area contributed by atoms with Crippen LogP contribution in [0.25, 0.3) is 0 Å². The molecule has 0 aliphatic carbocycles. The summed E-state index contributed by atoms with van der Waals surface area (Å²) in [7, 11) is -3.73. The number of carbonyl (C=O) groups excluding carboxylic acids is 2. The molecule has 2 rings (SSSR count). The first-order valence-electron chi connectivity index (χ1n) is 10.3. The van der Waals surface area contributed by atoms with Gasteiger partial charge in [-0.2, -0.15) is 0 Å². The molecule has 1 atom stereocenters. The van der Waals surface area contributed by atoms with Gasteiger partial charge in [0.1, 0.15) is 12.6 Å². The monoisotopic (exact) mass is 523 g/mol. The molecule has 0 aliphatic rings. The fraction of sp³-hybridized carbons (Fsp3) is 0.391. The number of hydrogen-bond donors (Lipinski definition) is 1. The lowest BCUT2D eigenvalue weighted by molar-refractivity contribution is -0.139. The van der Waals surface area contributed by atoms with E-state index in [-0.39, 0.29) is 18.4 Å². The normalized spacial score (nSPS) is 12.3. The maximum atomic E-state index is 13.4. The van der Waals surface area contributed by atoms with Crippen molar-refractivity contribution in [1.29, 1.82) is 0 Å². The van der Waals surface area contributed by atoms with Gasteiger partial charge in [0.15, 0.2) is 0 Å². The lowest BCUT2D eigenvalue weighted by Crippen LogP contribution is -2.51. The van der Waals surface area contributed by atoms with E-state index in [4.69, 9.17) is 0 Å². The number of sulfonamides is 1. The fourth-order valence-electron chi connectivity index (χ4n) is 3.04. The molecule has 2 aromatic carbocycles. The summed E-state index contributed by atoms with van der Waals surface area (Å²) in [6.07, 6.45) is 1.06. The fourth-order valence-corrected chi connectivity index (χ4v) is 4.15. The lowest BCUT2D eigenvalue weighted by atomic mass is 10.1. The van der Waals surface area contributed by atoms with Gasteiger partial charge in [0.05, 0.1) is 11.9 Å². The Morgan fingerprint density at radius 3 is 2.12 bits per heavy atom. The molecule has 0 aliphatic heterocycles. The molecule has 0 heterocycles. The number of carbonyl (C=O) groups is 2. The van der Waals surface area contributed by atoms with Crippen molar-refractivity contribution in [3.63, 3.8) is 0 Å². The van der Waals surface area contributed by atoms with Crippen LogP contribution in [-0.2, 0) is 26.2 Å². The highest BCUT2D eigenvalue weighted by Crippen LogP contribution is 2.21. The van der Waals surface area contributed by atoms with Gasteiger partial charge in [-0.25, -0.2) is 8.42 Å². The number of benzene rings is 2. The van der Waals surface area contributed by atoms with Gasteiger partial charge in [0.25, 0.3) is 0 Å². The van der Waals surface area contributed by atoms with Crippen molar-refractivity contribution in [2.75, 3.05) is 23.7 Å². The van der Waals surface area contributed by atoms with Crippen molar-refractivity contribution < 1.29 is 18.0 Å². The molecule has 0 fully saturated rings. The Morgan fingerprint density at radius 1 is 1.00 bits per heavy atom. The van der Waals surface area contributed by atoms with Crippen molar-refractivity contribution in [2.24, 2.45) is 5.92 Å². The SMILES string of the molecule is CC(C)CNC(=O)[C@H](C)N(Cc1ccccc1)C(=O)CN(c1ccc(Br)cc1)S(C)(=O)=O. The van der Waals surface area contributed by atoms with Gasteiger partial charge in [0.2, 0.25) is 21.8 Å². The molecule has 0 saturated carbocycles. The van der Waals surface area contributed by atoms with Crippen LogP contribution in [0.3, 0.4) is 0 Å². The molecule has 0 bridgehead atoms. The Bertz CT molecular complexity index is 1010. The smallest absolute Gasteiger partial charge is 0.244 e. The first-order chi connectivity index (χ1) is 15.0. The zero-order valence-electron chi connectivity index (χ0n) is 18.8. The van der Waals surface area contributed by atoms with Crippen LogP contribution in [0.1, 0.15) is 26.3 Å². The Morgan fingerprint density at radius 2 is 1.59 bits per heavy atom. The summed E-state index contributed by atoms with van der Waals surface area (Å²) in [6.45, 7) is 5.90. The maximum absolute atomic E-state index is 13.4. The zero-order chi connectivity index (χ0) is 23.9. The number of halogens is 1. The van der Waals surface area contributed by atoms with Crippen molar-refractivity contribution >= 4 is 43.5 Å². The lowest BCUT2D eigenvalue weighted by Gasteiger charge is -2.31. The summed E-state index contributed by atoms with van der Waals surface area (Å²) < 4.78 is 26.8. The summed E-state index contributed by atoms with van der Waals surface area (Å²) in [6, 6.07) is 15.2. The number of nitrogens with one attached hydrogen (secondary N) is 1. The van der Waals surface area contributed by atoms with Gasteiger partial charge in [-0.1, -0.05) is 60.1 Å². The number of rotatable bonds is 10. The van der Waals surface area contributed by atoms with Gasteiger partial charge in [0, 0.05) is 17.6 Å². The van der Waals surface area contributed by atoms with Gasteiger partial charge in [-0.3, -0.25) is 13.9 Å². The van der Waals surface area contributed by atoms with E-state index in [0.29, 0.717) is 12.2 Å². The molecule has 32 heavy (non-hydrogen) atoms. The maximum Gasteiger partial charge on any atom is 0.244 e. The Balaban J connectivity index is 2.32. The molecule has 0 radical (unpaired) electrons. The summed E-state index contributed by atoms with van der Waals surface area (Å²) >= 11 is 3.33. The Hall–Kier alpha value is -2.39. The third-order valence-electron chi connectivity index (χ3n) is 4.84. The highest BCUT2D eigenvalue weighted by Gasteiger charge is 2.30. The topological polar surface area (TPSA) is 86.8 Å². The molecule has 7 nitrogen and oxygen atoms in total. The average molecular weight is 524 g/mol. The quantitative estimate of drug-likeness (QED) is 0.516. The second-order valence-electron chi connectivity index (χ2n) is 8.07. The van der Waals surface area contributed by atoms with Crippen LogP contribution in [0.2, 0.25) is 0 Å². The number of hydrogen-bond acceptors (Lipinski definition) is 4. The first kappa shape index (κ1) is 25.9. The van der Waals surface area contributed by atoms with Crippen LogP contribution in [0, 0.1) is 5.92 Å². The standard InChI is InChI=1S/C23H30BrN3O4S/c1-17(2)14-25-23(29)18(3)26(15-19-8-6-5-7-9-19)22(28)16-27(32(4,30)31)21-12-10-20(24)11-13-21/h5-13,17-18H,14-16H2,1-4H3,(H,25,29)/t18-/m0/s1. The molecular weight excluding hydrogens is 494 g/mol. The van der Waals surface area contributed by atoms with Gasteiger partial charge < -0.3 is 10.2 Å². The van der Waals surface area contributed by atoms with Crippen molar-refractivity contribution in [3.8, 4) is 0 Å². The summed E-state index contributed by atoms with van der Waals surface area (Å²) in [5, 5.41) is 2.85. The van der Waals surface area contributed by atoms with E-state index >= 15 is 0 Å². The second-order valence-corrected chi connectivity index (χ2v) is 10.9. The Kier molecular flexibility index (Phi) is 9.27. The van der Waals surface area contributed by atoms with E-state index in [0.717, 1.165) is 20.6 Å². The minimum Gasteiger partial charge on any atom is -0.354 e. The van der Waals surface area contributed by atoms with Crippen molar-refractivity contribution in [1.82, 2.24) is 10.2 Å². The van der Waals surface area contributed by atoms with E-state index < -0.39 is 28.5 Å². The minimum atomic E-state index is -3.73. The van der Waals surface area contributed by atoms with Crippen molar-refractivity contribution in [3.05, 3.63) is 64.6 Å². The van der Waals surface area contributed by atoms with E-state index in [2.05, 4.69) is 21.2 Å². The summed E-state index contributed by atoms with van der Waals surface area (Å²) in [5.74, 6) is -0.477. The molecule has 9 heteroatoms. The molecule has 0 saturated heterocycles. The number of anilines is 1. The van der Waals surface area contributed by atoms with Crippen LogP contribution in [0.15, 0.2) is 59.1 Å². The molecule has 174 valence electrons. The van der Waals surface area contributed by atoms with E-state index in [1.807, 2.05) is 44.2 Å². The molecule has 0 spiro atoms. The third-order valence-corrected chi connectivity index (χ3v) is 6.51. The van der Waals surface area contributed by atoms with Crippen LogP contribution in [-0.4, -0.2) is 50.5 Å². The van der Waals surface area contributed by atoms with Crippen molar-refractivity contribution in [2.45, 2.75) is 33.4 Å². The predicted molar refractivity (Wildman–Crippen MR) is 131 cm³/mol.